The van der Waals surface area contributed by atoms with Crippen molar-refractivity contribution in [3.63, 3.8) is 0 Å². The second kappa shape index (κ2) is 5.87. The molecule has 2 aromatic carbocycles. The molecule has 0 heterocycles. The van der Waals surface area contributed by atoms with Gasteiger partial charge in [0.25, 0.3) is 0 Å². The first kappa shape index (κ1) is 13.6. The largest absolute Gasteiger partial charge is 0.324 e. The van der Waals surface area contributed by atoms with Crippen LogP contribution < -0.4 is 5.73 Å². The summed E-state index contributed by atoms with van der Waals surface area (Å²) in [5.41, 5.74) is 6.41. The molecule has 94 valence electrons. The van der Waals surface area contributed by atoms with E-state index in [0.29, 0.717) is 5.56 Å². The Balaban J connectivity index is 2.34. The molecule has 0 aromatic heterocycles. The lowest BCUT2D eigenvalue weighted by Crippen LogP contribution is -2.08. The molecule has 0 fully saturated rings. The quantitative estimate of drug-likeness (QED) is 0.880. The fourth-order valence-electron chi connectivity index (χ4n) is 1.68. The summed E-state index contributed by atoms with van der Waals surface area (Å²) in [5.74, 6) is -0.243. The topological polar surface area (TPSA) is 26.0 Å². The minimum Gasteiger partial charge on any atom is -0.324 e. The molecule has 18 heavy (non-hydrogen) atoms. The van der Waals surface area contributed by atoms with Crippen molar-refractivity contribution in [2.24, 2.45) is 5.73 Å². The predicted molar refractivity (Wildman–Crippen MR) is 77.3 cm³/mol. The van der Waals surface area contributed by atoms with Crippen molar-refractivity contribution in [1.82, 2.24) is 0 Å². The van der Waals surface area contributed by atoms with Crippen LogP contribution in [0.4, 0.5) is 4.39 Å². The summed E-state index contributed by atoms with van der Waals surface area (Å²) in [7, 11) is 0. The highest BCUT2D eigenvalue weighted by Gasteiger charge is 2.13. The Bertz CT molecular complexity index is 540. The minimum absolute atomic E-state index is 0.243. The standard InChI is InChI=1S/C14H13BrFNS/c1-9(17)14-12(16)3-2-4-13(14)18-11-7-5-10(15)6-8-11/h2-9H,17H2,1H3. The van der Waals surface area contributed by atoms with Crippen LogP contribution in [0.25, 0.3) is 0 Å². The van der Waals surface area contributed by atoms with Gasteiger partial charge in [-0.25, -0.2) is 4.39 Å². The van der Waals surface area contributed by atoms with Crippen LogP contribution in [0.1, 0.15) is 18.5 Å². The summed E-state index contributed by atoms with van der Waals surface area (Å²) in [6, 6.07) is 12.7. The van der Waals surface area contributed by atoms with Gasteiger partial charge in [0.15, 0.2) is 0 Å². The van der Waals surface area contributed by atoms with Gasteiger partial charge in [-0.2, -0.15) is 0 Å². The molecular formula is C14H13BrFNS. The van der Waals surface area contributed by atoms with E-state index in [2.05, 4.69) is 15.9 Å². The third-order valence-electron chi connectivity index (χ3n) is 2.51. The Hall–Kier alpha value is -0.840. The van der Waals surface area contributed by atoms with Gasteiger partial charge in [0.2, 0.25) is 0 Å². The molecule has 2 aromatic rings. The van der Waals surface area contributed by atoms with E-state index in [9.17, 15) is 4.39 Å². The molecule has 0 bridgehead atoms. The minimum atomic E-state index is -0.316. The lowest BCUT2D eigenvalue weighted by atomic mass is 10.1. The zero-order chi connectivity index (χ0) is 13.1. The molecule has 4 heteroatoms. The molecule has 0 amide bonds. The maximum absolute atomic E-state index is 13.8. The average molecular weight is 326 g/mol. The summed E-state index contributed by atoms with van der Waals surface area (Å²) in [6.45, 7) is 1.80. The normalized spacial score (nSPS) is 12.4. The molecule has 1 atom stereocenters. The molecule has 1 unspecified atom stereocenters. The second-order valence-corrected chi connectivity index (χ2v) is 6.03. The Morgan fingerprint density at radius 3 is 2.44 bits per heavy atom. The number of nitrogens with two attached hydrogens (primary N) is 1. The van der Waals surface area contributed by atoms with Gasteiger partial charge >= 0.3 is 0 Å². The maximum Gasteiger partial charge on any atom is 0.129 e. The van der Waals surface area contributed by atoms with Crippen LogP contribution >= 0.6 is 27.7 Å². The molecule has 2 rings (SSSR count). The van der Waals surface area contributed by atoms with E-state index in [1.54, 1.807) is 13.0 Å². The van der Waals surface area contributed by atoms with Crippen molar-refractivity contribution in [2.45, 2.75) is 22.8 Å². The molecule has 0 radical (unpaired) electrons. The molecule has 0 saturated heterocycles. The van der Waals surface area contributed by atoms with Crippen molar-refractivity contribution in [3.8, 4) is 0 Å². The van der Waals surface area contributed by atoms with E-state index in [-0.39, 0.29) is 11.9 Å². The van der Waals surface area contributed by atoms with Gasteiger partial charge in [0, 0.05) is 25.9 Å². The summed E-state index contributed by atoms with van der Waals surface area (Å²) in [5, 5.41) is 0. The number of benzene rings is 2. The van der Waals surface area contributed by atoms with E-state index in [0.717, 1.165) is 14.3 Å². The van der Waals surface area contributed by atoms with E-state index >= 15 is 0 Å². The number of hydrogen-bond acceptors (Lipinski definition) is 2. The fourth-order valence-corrected chi connectivity index (χ4v) is 3.01. The zero-order valence-electron chi connectivity index (χ0n) is 9.86. The van der Waals surface area contributed by atoms with E-state index < -0.39 is 0 Å². The molecule has 1 nitrogen and oxygen atoms in total. The van der Waals surface area contributed by atoms with Crippen LogP contribution in [0.2, 0.25) is 0 Å². The van der Waals surface area contributed by atoms with Crippen LogP contribution in [0.15, 0.2) is 56.7 Å². The highest BCUT2D eigenvalue weighted by molar-refractivity contribution is 9.10. The van der Waals surface area contributed by atoms with Gasteiger partial charge < -0.3 is 5.73 Å². The lowest BCUT2D eigenvalue weighted by molar-refractivity contribution is 0.585. The molecule has 0 aliphatic heterocycles. The Kier molecular flexibility index (Phi) is 4.43. The summed E-state index contributed by atoms with van der Waals surface area (Å²) >= 11 is 4.92. The van der Waals surface area contributed by atoms with Crippen LogP contribution in [0, 0.1) is 5.82 Å². The van der Waals surface area contributed by atoms with Crippen molar-refractivity contribution < 1.29 is 4.39 Å². The molecule has 0 saturated carbocycles. The van der Waals surface area contributed by atoms with Crippen LogP contribution in [0.5, 0.6) is 0 Å². The van der Waals surface area contributed by atoms with Gasteiger partial charge in [-0.3, -0.25) is 0 Å². The summed E-state index contributed by atoms with van der Waals surface area (Å²) in [4.78, 5) is 1.93. The van der Waals surface area contributed by atoms with E-state index in [1.165, 1.54) is 17.8 Å². The molecule has 0 aliphatic rings. The van der Waals surface area contributed by atoms with Crippen LogP contribution in [0.3, 0.4) is 0 Å². The lowest BCUT2D eigenvalue weighted by Gasteiger charge is -2.13. The Labute approximate surface area is 119 Å². The highest BCUT2D eigenvalue weighted by Crippen LogP contribution is 2.34. The second-order valence-electron chi connectivity index (χ2n) is 4.00. The predicted octanol–water partition coefficient (Wildman–Crippen LogP) is 4.76. The van der Waals surface area contributed by atoms with Crippen molar-refractivity contribution >= 4 is 27.7 Å². The van der Waals surface area contributed by atoms with E-state index in [4.69, 9.17) is 5.73 Å². The Morgan fingerprint density at radius 2 is 1.83 bits per heavy atom. The number of hydrogen-bond donors (Lipinski definition) is 1. The average Bonchev–Trinajstić information content (AvgIpc) is 2.32. The van der Waals surface area contributed by atoms with Gasteiger partial charge in [0.1, 0.15) is 5.82 Å². The van der Waals surface area contributed by atoms with Crippen molar-refractivity contribution in [3.05, 3.63) is 58.3 Å². The number of halogens is 2. The maximum atomic E-state index is 13.8. The van der Waals surface area contributed by atoms with Gasteiger partial charge in [-0.05, 0) is 43.3 Å². The van der Waals surface area contributed by atoms with Crippen LogP contribution in [-0.2, 0) is 0 Å². The van der Waals surface area contributed by atoms with E-state index in [1.807, 2.05) is 30.3 Å². The monoisotopic (exact) mass is 325 g/mol. The van der Waals surface area contributed by atoms with Gasteiger partial charge in [-0.15, -0.1) is 0 Å². The SMILES string of the molecule is CC(N)c1c(F)cccc1Sc1ccc(Br)cc1. The molecular weight excluding hydrogens is 313 g/mol. The first-order chi connectivity index (χ1) is 8.58. The molecule has 0 aliphatic carbocycles. The first-order valence-corrected chi connectivity index (χ1v) is 7.16. The third kappa shape index (κ3) is 3.13. The third-order valence-corrected chi connectivity index (χ3v) is 4.12. The Morgan fingerprint density at radius 1 is 1.17 bits per heavy atom. The van der Waals surface area contributed by atoms with Crippen molar-refractivity contribution in [1.29, 1.82) is 0 Å². The molecule has 2 N–H and O–H groups in total. The fraction of sp³-hybridized carbons (Fsp3) is 0.143. The first-order valence-electron chi connectivity index (χ1n) is 5.55. The summed E-state index contributed by atoms with van der Waals surface area (Å²) in [6.07, 6.45) is 0. The van der Waals surface area contributed by atoms with Gasteiger partial charge in [0.05, 0.1) is 0 Å². The number of rotatable bonds is 3. The zero-order valence-corrected chi connectivity index (χ0v) is 12.3. The van der Waals surface area contributed by atoms with Crippen molar-refractivity contribution in [2.75, 3.05) is 0 Å². The van der Waals surface area contributed by atoms with Crippen LogP contribution in [-0.4, -0.2) is 0 Å². The highest BCUT2D eigenvalue weighted by atomic mass is 79.9. The van der Waals surface area contributed by atoms with Gasteiger partial charge in [-0.1, -0.05) is 33.8 Å². The summed E-state index contributed by atoms with van der Waals surface area (Å²) < 4.78 is 14.8. The smallest absolute Gasteiger partial charge is 0.129 e. The molecule has 0 spiro atoms.